The molecule has 0 bridgehead atoms. The lowest BCUT2D eigenvalue weighted by atomic mass is 10.0. The van der Waals surface area contributed by atoms with Gasteiger partial charge >= 0.3 is 0 Å². The molecule has 0 unspecified atom stereocenters. The molecule has 0 amide bonds. The number of benzene rings is 2. The average Bonchev–Trinajstić information content (AvgIpc) is 2.44. The van der Waals surface area contributed by atoms with Gasteiger partial charge < -0.3 is 0 Å². The molecule has 1 heterocycles. The molecule has 100 valence electrons. The van der Waals surface area contributed by atoms with E-state index < -0.39 is 0 Å². The van der Waals surface area contributed by atoms with Crippen molar-refractivity contribution < 1.29 is 0 Å². The Bertz CT molecular complexity index is 801. The molecule has 0 N–H and O–H groups in total. The van der Waals surface area contributed by atoms with Gasteiger partial charge in [0, 0.05) is 19.9 Å². The van der Waals surface area contributed by atoms with Gasteiger partial charge in [-0.05, 0) is 40.5 Å². The third kappa shape index (κ3) is 2.39. The Morgan fingerprint density at radius 2 is 1.75 bits per heavy atom. The summed E-state index contributed by atoms with van der Waals surface area (Å²) in [6, 6.07) is 14.1. The van der Waals surface area contributed by atoms with Gasteiger partial charge in [-0.15, -0.1) is 0 Å². The summed E-state index contributed by atoms with van der Waals surface area (Å²) in [6.07, 6.45) is 0. The van der Waals surface area contributed by atoms with E-state index in [1.807, 2.05) is 49.4 Å². The van der Waals surface area contributed by atoms with Crippen LogP contribution in [-0.4, -0.2) is 4.98 Å². The Balaban J connectivity index is 2.39. The van der Waals surface area contributed by atoms with Gasteiger partial charge in [0.2, 0.25) is 0 Å². The maximum Gasteiger partial charge on any atom is 0.0867 e. The van der Waals surface area contributed by atoms with E-state index in [9.17, 15) is 0 Å². The van der Waals surface area contributed by atoms with Crippen LogP contribution < -0.4 is 0 Å². The molecule has 0 radical (unpaired) electrons. The van der Waals surface area contributed by atoms with Crippen LogP contribution in [0.15, 0.2) is 51.4 Å². The molecule has 0 aliphatic rings. The first kappa shape index (κ1) is 14.1. The molecule has 0 aliphatic carbocycles. The maximum atomic E-state index is 6.54. The topological polar surface area (TPSA) is 12.9 Å². The van der Waals surface area contributed by atoms with Gasteiger partial charge in [0.05, 0.1) is 16.2 Å². The van der Waals surface area contributed by atoms with Gasteiger partial charge in [-0.1, -0.05) is 57.9 Å². The Labute approximate surface area is 139 Å². The van der Waals surface area contributed by atoms with Crippen LogP contribution in [0.2, 0.25) is 5.02 Å². The van der Waals surface area contributed by atoms with Crippen LogP contribution in [0.25, 0.3) is 22.2 Å². The quantitative estimate of drug-likeness (QED) is 0.452. The number of hydrogen-bond donors (Lipinski definition) is 0. The van der Waals surface area contributed by atoms with Crippen LogP contribution in [0.3, 0.4) is 0 Å². The predicted molar refractivity (Wildman–Crippen MR) is 92.3 cm³/mol. The summed E-state index contributed by atoms with van der Waals surface area (Å²) in [6.45, 7) is 2.01. The molecule has 0 saturated carbocycles. The molecule has 20 heavy (non-hydrogen) atoms. The molecule has 1 aromatic heterocycles. The van der Waals surface area contributed by atoms with Crippen molar-refractivity contribution in [2.45, 2.75) is 6.92 Å². The van der Waals surface area contributed by atoms with Crippen molar-refractivity contribution in [3.8, 4) is 11.3 Å². The van der Waals surface area contributed by atoms with Gasteiger partial charge in [-0.3, -0.25) is 0 Å². The summed E-state index contributed by atoms with van der Waals surface area (Å²) in [4.78, 5) is 4.79. The van der Waals surface area contributed by atoms with Crippen molar-refractivity contribution >= 4 is 54.4 Å². The van der Waals surface area contributed by atoms with Crippen molar-refractivity contribution in [1.29, 1.82) is 0 Å². The predicted octanol–water partition coefficient (Wildman–Crippen LogP) is 6.39. The van der Waals surface area contributed by atoms with Crippen LogP contribution in [0.5, 0.6) is 0 Å². The zero-order valence-electron chi connectivity index (χ0n) is 10.6. The van der Waals surface area contributed by atoms with Crippen LogP contribution in [0, 0.1) is 6.92 Å². The summed E-state index contributed by atoms with van der Waals surface area (Å²) in [7, 11) is 0. The molecular weight excluding hydrogens is 401 g/mol. The summed E-state index contributed by atoms with van der Waals surface area (Å²) < 4.78 is 1.91. The van der Waals surface area contributed by atoms with Crippen molar-refractivity contribution in [1.82, 2.24) is 4.98 Å². The maximum absolute atomic E-state index is 6.54. The minimum Gasteiger partial charge on any atom is -0.246 e. The lowest BCUT2D eigenvalue weighted by Gasteiger charge is -2.12. The Hall–Kier alpha value is -0.900. The van der Waals surface area contributed by atoms with E-state index >= 15 is 0 Å². The van der Waals surface area contributed by atoms with Gasteiger partial charge in [0.1, 0.15) is 0 Å². The zero-order chi connectivity index (χ0) is 14.3. The molecule has 0 atom stereocenters. The van der Waals surface area contributed by atoms with Crippen LogP contribution in [-0.2, 0) is 0 Å². The van der Waals surface area contributed by atoms with E-state index in [0.717, 1.165) is 41.7 Å². The SMILES string of the molecule is Cc1c(-c2ccccc2)nc2c(Br)cc(Br)cc2c1Cl. The number of fused-ring (bicyclic) bond motifs is 1. The van der Waals surface area contributed by atoms with Crippen molar-refractivity contribution in [2.24, 2.45) is 0 Å². The molecule has 0 saturated heterocycles. The second-order valence-electron chi connectivity index (χ2n) is 4.55. The Morgan fingerprint density at radius 1 is 1.05 bits per heavy atom. The molecule has 3 aromatic rings. The minimum atomic E-state index is 0.746. The number of nitrogens with zero attached hydrogens (tertiary/aromatic N) is 1. The third-order valence-corrected chi connectivity index (χ3v) is 4.77. The normalized spacial score (nSPS) is 11.0. The second-order valence-corrected chi connectivity index (χ2v) is 6.70. The summed E-state index contributed by atoms with van der Waals surface area (Å²) in [5.41, 5.74) is 3.87. The number of rotatable bonds is 1. The average molecular weight is 412 g/mol. The van der Waals surface area contributed by atoms with E-state index in [0.29, 0.717) is 0 Å². The minimum absolute atomic E-state index is 0.746. The summed E-state index contributed by atoms with van der Waals surface area (Å²) >= 11 is 13.6. The van der Waals surface area contributed by atoms with Gasteiger partial charge in [-0.2, -0.15) is 0 Å². The zero-order valence-corrected chi connectivity index (χ0v) is 14.6. The molecule has 4 heteroatoms. The monoisotopic (exact) mass is 409 g/mol. The lowest BCUT2D eigenvalue weighted by molar-refractivity contribution is 1.32. The molecule has 1 nitrogen and oxygen atoms in total. The highest BCUT2D eigenvalue weighted by atomic mass is 79.9. The Kier molecular flexibility index (Phi) is 3.85. The van der Waals surface area contributed by atoms with Crippen molar-refractivity contribution in [2.75, 3.05) is 0 Å². The standard InChI is InChI=1S/C16H10Br2ClN/c1-9-14(19)12-7-11(17)8-13(18)16(12)20-15(9)10-5-3-2-4-6-10/h2-8H,1H3. The van der Waals surface area contributed by atoms with E-state index in [1.54, 1.807) is 0 Å². The highest BCUT2D eigenvalue weighted by Crippen LogP contribution is 2.37. The molecular formula is C16H10Br2ClN. The fourth-order valence-electron chi connectivity index (χ4n) is 2.23. The largest absolute Gasteiger partial charge is 0.246 e. The molecule has 0 spiro atoms. The number of pyridine rings is 1. The van der Waals surface area contributed by atoms with E-state index in [-0.39, 0.29) is 0 Å². The first-order valence-electron chi connectivity index (χ1n) is 6.08. The summed E-state index contributed by atoms with van der Waals surface area (Å²) in [5, 5.41) is 1.70. The van der Waals surface area contributed by atoms with Crippen LogP contribution in [0.1, 0.15) is 5.56 Å². The van der Waals surface area contributed by atoms with Gasteiger partial charge in [0.15, 0.2) is 0 Å². The smallest absolute Gasteiger partial charge is 0.0867 e. The van der Waals surface area contributed by atoms with E-state index in [1.165, 1.54) is 0 Å². The van der Waals surface area contributed by atoms with Crippen molar-refractivity contribution in [3.05, 3.63) is 62.0 Å². The van der Waals surface area contributed by atoms with Crippen molar-refractivity contribution in [3.63, 3.8) is 0 Å². The highest BCUT2D eigenvalue weighted by molar-refractivity contribution is 9.11. The fourth-order valence-corrected chi connectivity index (χ4v) is 3.77. The molecule has 0 aliphatic heterocycles. The van der Waals surface area contributed by atoms with E-state index in [4.69, 9.17) is 16.6 Å². The van der Waals surface area contributed by atoms with Crippen LogP contribution in [0.4, 0.5) is 0 Å². The second kappa shape index (κ2) is 5.47. The van der Waals surface area contributed by atoms with Gasteiger partial charge in [-0.25, -0.2) is 4.98 Å². The highest BCUT2D eigenvalue weighted by Gasteiger charge is 2.14. The van der Waals surface area contributed by atoms with E-state index in [2.05, 4.69) is 31.9 Å². The third-order valence-electron chi connectivity index (χ3n) is 3.22. The fraction of sp³-hybridized carbons (Fsp3) is 0.0625. The first-order valence-corrected chi connectivity index (χ1v) is 8.04. The number of aromatic nitrogens is 1. The van der Waals surface area contributed by atoms with Gasteiger partial charge in [0.25, 0.3) is 0 Å². The number of halogens is 3. The first-order chi connectivity index (χ1) is 9.58. The lowest BCUT2D eigenvalue weighted by Crippen LogP contribution is -1.93. The molecule has 0 fully saturated rings. The number of hydrogen-bond acceptors (Lipinski definition) is 1. The van der Waals surface area contributed by atoms with Crippen LogP contribution >= 0.6 is 43.5 Å². The summed E-state index contributed by atoms with van der Waals surface area (Å²) in [5.74, 6) is 0. The molecule has 2 aromatic carbocycles. The Morgan fingerprint density at radius 3 is 2.45 bits per heavy atom. The molecule has 3 rings (SSSR count).